The predicted octanol–water partition coefficient (Wildman–Crippen LogP) is 5.85. The van der Waals surface area contributed by atoms with Crippen molar-refractivity contribution in [2.75, 3.05) is 0 Å². The van der Waals surface area contributed by atoms with E-state index in [0.29, 0.717) is 5.69 Å². The summed E-state index contributed by atoms with van der Waals surface area (Å²) in [5.41, 5.74) is 6.37. The van der Waals surface area contributed by atoms with Crippen LogP contribution < -0.4 is 5.32 Å². The average molecular weight is 390 g/mol. The van der Waals surface area contributed by atoms with E-state index in [1.807, 2.05) is 16.7 Å². The lowest BCUT2D eigenvalue weighted by molar-refractivity contribution is 0.0931. The van der Waals surface area contributed by atoms with Crippen LogP contribution in [0.25, 0.3) is 16.8 Å². The monoisotopic (exact) mass is 389 g/mol. The summed E-state index contributed by atoms with van der Waals surface area (Å²) < 4.78 is 1.85. The number of benzene rings is 2. The number of nitrogens with zero attached hydrogens (tertiary/aromatic N) is 2. The molecule has 152 valence electrons. The van der Waals surface area contributed by atoms with E-state index in [4.69, 9.17) is 0 Å². The number of carbonyl (C=O) groups excluding carboxylic acids is 1. The minimum absolute atomic E-state index is 0.0788. The minimum atomic E-state index is -0.0788. The molecular formula is C25H31N3O. The van der Waals surface area contributed by atoms with Crippen LogP contribution in [-0.4, -0.2) is 21.5 Å². The Balaban J connectivity index is 1.75. The maximum Gasteiger partial charge on any atom is 0.270 e. The predicted molar refractivity (Wildman–Crippen MR) is 120 cm³/mol. The third kappa shape index (κ3) is 5.35. The first-order chi connectivity index (χ1) is 14.0. The van der Waals surface area contributed by atoms with Crippen LogP contribution in [-0.2, 0) is 0 Å². The summed E-state index contributed by atoms with van der Waals surface area (Å²) in [7, 11) is 0. The Morgan fingerprint density at radius 2 is 1.72 bits per heavy atom. The highest BCUT2D eigenvalue weighted by Crippen LogP contribution is 2.24. The van der Waals surface area contributed by atoms with Crippen molar-refractivity contribution in [1.29, 1.82) is 0 Å². The Kier molecular flexibility index (Phi) is 6.86. The number of unbranched alkanes of at least 4 members (excludes halogenated alkanes) is 2. The molecule has 1 aromatic heterocycles. The molecule has 29 heavy (non-hydrogen) atoms. The first-order valence-corrected chi connectivity index (χ1v) is 10.5. The van der Waals surface area contributed by atoms with Gasteiger partial charge in [-0.1, -0.05) is 67.6 Å². The summed E-state index contributed by atoms with van der Waals surface area (Å²) in [5.74, 6) is -0.0788. The molecule has 0 fully saturated rings. The van der Waals surface area contributed by atoms with Gasteiger partial charge in [-0.15, -0.1) is 0 Å². The lowest BCUT2D eigenvalue weighted by atomic mass is 10.0. The summed E-state index contributed by atoms with van der Waals surface area (Å²) in [6.07, 6.45) is 7.85. The lowest BCUT2D eigenvalue weighted by Gasteiger charge is -2.15. The Labute approximate surface area is 174 Å². The number of amides is 1. The summed E-state index contributed by atoms with van der Waals surface area (Å²) >= 11 is 0. The molecule has 0 bridgehead atoms. The Hall–Kier alpha value is -2.88. The normalized spacial score (nSPS) is 12.0. The molecule has 0 aliphatic rings. The molecule has 0 radical (unpaired) electrons. The number of carbonyl (C=O) groups is 1. The van der Waals surface area contributed by atoms with Gasteiger partial charge in [-0.3, -0.25) is 9.36 Å². The zero-order chi connectivity index (χ0) is 20.8. The van der Waals surface area contributed by atoms with Crippen LogP contribution >= 0.6 is 0 Å². The van der Waals surface area contributed by atoms with Gasteiger partial charge in [0.2, 0.25) is 0 Å². The molecule has 4 heteroatoms. The highest BCUT2D eigenvalue weighted by Gasteiger charge is 2.15. The van der Waals surface area contributed by atoms with Crippen molar-refractivity contribution in [3.05, 3.63) is 71.8 Å². The van der Waals surface area contributed by atoms with Gasteiger partial charge in [-0.25, -0.2) is 4.98 Å². The van der Waals surface area contributed by atoms with Crippen molar-refractivity contribution in [3.8, 4) is 16.8 Å². The number of aryl methyl sites for hydroxylation is 2. The van der Waals surface area contributed by atoms with Crippen LogP contribution in [0.5, 0.6) is 0 Å². The molecule has 1 N–H and O–H groups in total. The van der Waals surface area contributed by atoms with Crippen LogP contribution in [0.3, 0.4) is 0 Å². The van der Waals surface area contributed by atoms with Gasteiger partial charge in [-0.2, -0.15) is 0 Å². The van der Waals surface area contributed by atoms with E-state index in [2.05, 4.69) is 68.3 Å². The molecule has 0 aliphatic carbocycles. The number of hydrogen-bond acceptors (Lipinski definition) is 2. The average Bonchev–Trinajstić information content (AvgIpc) is 3.17. The quantitative estimate of drug-likeness (QED) is 0.491. The van der Waals surface area contributed by atoms with E-state index in [0.717, 1.165) is 24.1 Å². The first-order valence-electron chi connectivity index (χ1n) is 10.5. The Morgan fingerprint density at radius 1 is 1.03 bits per heavy atom. The Morgan fingerprint density at radius 3 is 2.38 bits per heavy atom. The van der Waals surface area contributed by atoms with Gasteiger partial charge in [0.15, 0.2) is 0 Å². The fourth-order valence-corrected chi connectivity index (χ4v) is 3.70. The molecule has 3 rings (SSSR count). The molecule has 1 atom stereocenters. The van der Waals surface area contributed by atoms with Gasteiger partial charge in [0.05, 0.1) is 12.5 Å². The minimum Gasteiger partial charge on any atom is -0.348 e. The summed E-state index contributed by atoms with van der Waals surface area (Å²) in [6, 6.07) is 15.0. The Bertz CT molecular complexity index is 936. The number of rotatable bonds is 8. The molecular weight excluding hydrogens is 358 g/mol. The molecule has 2 aromatic carbocycles. The number of nitrogens with one attached hydrogen (secondary N) is 1. The smallest absolute Gasteiger partial charge is 0.270 e. The van der Waals surface area contributed by atoms with Gasteiger partial charge < -0.3 is 5.32 Å². The molecule has 1 amide bonds. The van der Waals surface area contributed by atoms with E-state index >= 15 is 0 Å². The van der Waals surface area contributed by atoms with Crippen LogP contribution in [0, 0.1) is 13.8 Å². The maximum atomic E-state index is 12.7. The number of imidazole rings is 1. The van der Waals surface area contributed by atoms with Crippen molar-refractivity contribution < 1.29 is 4.79 Å². The highest BCUT2D eigenvalue weighted by molar-refractivity contribution is 5.93. The van der Waals surface area contributed by atoms with Gasteiger partial charge >= 0.3 is 0 Å². The SMILES string of the molecule is CCCCCC(C)NC(=O)c1cncn1-c1ccc(-c2cc(C)cc(C)c2)cc1. The molecule has 1 unspecified atom stereocenters. The molecule has 0 aliphatic heterocycles. The summed E-state index contributed by atoms with van der Waals surface area (Å²) in [6.45, 7) is 8.48. The third-order valence-electron chi connectivity index (χ3n) is 5.19. The molecule has 3 aromatic rings. The van der Waals surface area contributed by atoms with E-state index in [1.54, 1.807) is 12.5 Å². The fourth-order valence-electron chi connectivity index (χ4n) is 3.70. The zero-order valence-electron chi connectivity index (χ0n) is 17.9. The summed E-state index contributed by atoms with van der Waals surface area (Å²) in [5, 5.41) is 3.10. The van der Waals surface area contributed by atoms with E-state index in [-0.39, 0.29) is 11.9 Å². The zero-order valence-corrected chi connectivity index (χ0v) is 17.9. The molecule has 4 nitrogen and oxygen atoms in total. The van der Waals surface area contributed by atoms with E-state index < -0.39 is 0 Å². The topological polar surface area (TPSA) is 46.9 Å². The lowest BCUT2D eigenvalue weighted by Crippen LogP contribution is -2.33. The second kappa shape index (κ2) is 9.55. The highest BCUT2D eigenvalue weighted by atomic mass is 16.2. The molecule has 0 saturated carbocycles. The van der Waals surface area contributed by atoms with Crippen LogP contribution in [0.4, 0.5) is 0 Å². The number of aromatic nitrogens is 2. The van der Waals surface area contributed by atoms with Crippen molar-refractivity contribution in [1.82, 2.24) is 14.9 Å². The second-order valence-corrected chi connectivity index (χ2v) is 7.94. The van der Waals surface area contributed by atoms with Crippen molar-refractivity contribution in [3.63, 3.8) is 0 Å². The van der Waals surface area contributed by atoms with Crippen LogP contribution in [0.15, 0.2) is 55.0 Å². The van der Waals surface area contributed by atoms with Gasteiger partial charge in [-0.05, 0) is 50.5 Å². The molecule has 0 spiro atoms. The van der Waals surface area contributed by atoms with E-state index in [1.165, 1.54) is 29.5 Å². The van der Waals surface area contributed by atoms with Crippen molar-refractivity contribution in [2.24, 2.45) is 0 Å². The second-order valence-electron chi connectivity index (χ2n) is 7.94. The van der Waals surface area contributed by atoms with Crippen LogP contribution in [0.2, 0.25) is 0 Å². The molecule has 0 saturated heterocycles. The van der Waals surface area contributed by atoms with Crippen LogP contribution in [0.1, 0.15) is 61.1 Å². The maximum absolute atomic E-state index is 12.7. The van der Waals surface area contributed by atoms with Gasteiger partial charge in [0.1, 0.15) is 5.69 Å². The first kappa shape index (κ1) is 20.8. The third-order valence-corrected chi connectivity index (χ3v) is 5.19. The van der Waals surface area contributed by atoms with Crippen molar-refractivity contribution >= 4 is 5.91 Å². The molecule has 1 heterocycles. The number of hydrogen-bond donors (Lipinski definition) is 1. The standard InChI is InChI=1S/C25H31N3O/c1-5-6-7-8-20(4)27-25(29)24-16-26-17-28(24)23-11-9-21(10-12-23)22-14-18(2)13-19(3)15-22/h9-17,20H,5-8H2,1-4H3,(H,27,29). The van der Waals surface area contributed by atoms with Crippen molar-refractivity contribution in [2.45, 2.75) is 59.4 Å². The largest absolute Gasteiger partial charge is 0.348 e. The van der Waals surface area contributed by atoms with E-state index in [9.17, 15) is 4.79 Å². The fraction of sp³-hybridized carbons (Fsp3) is 0.360. The van der Waals surface area contributed by atoms with Gasteiger partial charge in [0, 0.05) is 11.7 Å². The summed E-state index contributed by atoms with van der Waals surface area (Å²) in [4.78, 5) is 16.9. The van der Waals surface area contributed by atoms with Gasteiger partial charge in [0.25, 0.3) is 5.91 Å².